The molecule has 0 aliphatic carbocycles. The van der Waals surface area contributed by atoms with Crippen LogP contribution in [0.25, 0.3) is 0 Å². The van der Waals surface area contributed by atoms with Crippen molar-refractivity contribution in [3.05, 3.63) is 0 Å². The first kappa shape index (κ1) is 13.6. The molecule has 0 saturated carbocycles. The van der Waals surface area contributed by atoms with Crippen LogP contribution >= 0.6 is 8.69 Å². The van der Waals surface area contributed by atoms with Gasteiger partial charge in [0.15, 0.2) is 0 Å². The number of hydrogen-bond acceptors (Lipinski definition) is 2. The molecule has 0 bridgehead atoms. The van der Waals surface area contributed by atoms with E-state index in [9.17, 15) is 4.57 Å². The van der Waals surface area contributed by atoms with Crippen molar-refractivity contribution < 1.29 is 9.09 Å². The molecule has 0 aromatic rings. The minimum atomic E-state index is -0.185. The average Bonchev–Trinajstić information content (AvgIpc) is 1.89. The molecule has 10 heavy (non-hydrogen) atoms. The Labute approximate surface area is 86.3 Å². The second kappa shape index (κ2) is 12.7. The summed E-state index contributed by atoms with van der Waals surface area (Å²) >= 11 is 0. The van der Waals surface area contributed by atoms with E-state index in [2.05, 4.69) is 11.4 Å². The molecule has 2 nitrogen and oxygen atoms in total. The molecule has 0 aromatic carbocycles. The summed E-state index contributed by atoms with van der Waals surface area (Å²) in [4.78, 5) is 0. The van der Waals surface area contributed by atoms with Crippen LogP contribution in [0.15, 0.2) is 0 Å². The zero-order chi connectivity index (χ0) is 6.95. The Kier molecular flexibility index (Phi) is 17.3. The maximum absolute atomic E-state index is 9.71. The van der Waals surface area contributed by atoms with Gasteiger partial charge in [0.05, 0.1) is 6.61 Å². The van der Waals surface area contributed by atoms with E-state index in [1.165, 1.54) is 19.3 Å². The van der Waals surface area contributed by atoms with Gasteiger partial charge in [0, 0.05) is 0 Å². The Bertz CT molecular complexity index is 70.8. The SMILES string of the molecule is CCCCCCOP=O.[NaH]. The molecule has 4 heteroatoms. The normalized spacial score (nSPS) is 9.30. The molecular weight excluding hydrogens is 158 g/mol. The van der Waals surface area contributed by atoms with E-state index >= 15 is 0 Å². The molecule has 0 unspecified atom stereocenters. The first-order valence-electron chi connectivity index (χ1n) is 3.36. The van der Waals surface area contributed by atoms with Crippen LogP contribution in [0.1, 0.15) is 32.6 Å². The van der Waals surface area contributed by atoms with Crippen LogP contribution in [0.4, 0.5) is 0 Å². The van der Waals surface area contributed by atoms with Crippen LogP contribution in [0.5, 0.6) is 0 Å². The Morgan fingerprint density at radius 2 is 2.00 bits per heavy atom. The standard InChI is InChI=1S/C6H13O2P.Na.H/c1-2-3-4-5-6-8-9-7;;/h2-6H2,1H3;;. The Morgan fingerprint density at radius 1 is 1.30 bits per heavy atom. The second-order valence-corrected chi connectivity index (χ2v) is 2.38. The Morgan fingerprint density at radius 3 is 2.50 bits per heavy atom. The van der Waals surface area contributed by atoms with Crippen molar-refractivity contribution in [3.8, 4) is 0 Å². The van der Waals surface area contributed by atoms with Gasteiger partial charge in [-0.1, -0.05) is 26.2 Å². The van der Waals surface area contributed by atoms with Crippen molar-refractivity contribution in [2.24, 2.45) is 0 Å². The minimum absolute atomic E-state index is 0. The topological polar surface area (TPSA) is 26.3 Å². The van der Waals surface area contributed by atoms with E-state index in [1.54, 1.807) is 0 Å². The van der Waals surface area contributed by atoms with Crippen LogP contribution in [-0.2, 0) is 9.09 Å². The van der Waals surface area contributed by atoms with Gasteiger partial charge in [0.25, 0.3) is 0 Å². The summed E-state index contributed by atoms with van der Waals surface area (Å²) in [6.07, 6.45) is 4.70. The molecule has 0 spiro atoms. The summed E-state index contributed by atoms with van der Waals surface area (Å²) in [7, 11) is -0.185. The van der Waals surface area contributed by atoms with E-state index in [4.69, 9.17) is 0 Å². The molecule has 0 aliphatic rings. The fourth-order valence-corrected chi connectivity index (χ4v) is 0.834. The predicted molar refractivity (Wildman–Crippen MR) is 44.8 cm³/mol. The van der Waals surface area contributed by atoms with Crippen LogP contribution < -0.4 is 0 Å². The van der Waals surface area contributed by atoms with Gasteiger partial charge in [-0.2, -0.15) is 0 Å². The van der Waals surface area contributed by atoms with Crippen molar-refractivity contribution in [2.75, 3.05) is 6.61 Å². The first-order valence-corrected chi connectivity index (χ1v) is 4.09. The van der Waals surface area contributed by atoms with Gasteiger partial charge in [-0.3, -0.25) is 4.52 Å². The molecule has 0 radical (unpaired) electrons. The first-order chi connectivity index (χ1) is 4.41. The molecule has 0 atom stereocenters. The van der Waals surface area contributed by atoms with E-state index in [0.717, 1.165) is 6.42 Å². The van der Waals surface area contributed by atoms with Gasteiger partial charge in [0.2, 0.25) is 0 Å². The molecule has 56 valence electrons. The zero-order valence-corrected chi connectivity index (χ0v) is 6.69. The average molecular weight is 172 g/mol. The van der Waals surface area contributed by atoms with E-state index in [0.29, 0.717) is 6.61 Å². The third-order valence-corrected chi connectivity index (χ3v) is 1.43. The van der Waals surface area contributed by atoms with Gasteiger partial charge in [-0.05, 0) is 6.42 Å². The quantitative estimate of drug-likeness (QED) is 0.348. The fourth-order valence-electron chi connectivity index (χ4n) is 0.631. The molecule has 0 fully saturated rings. The van der Waals surface area contributed by atoms with Crippen LogP contribution in [0.2, 0.25) is 0 Å². The number of unbranched alkanes of at least 4 members (excludes halogenated alkanes) is 3. The summed E-state index contributed by atoms with van der Waals surface area (Å²) in [5.41, 5.74) is 0. The van der Waals surface area contributed by atoms with Gasteiger partial charge in [-0.15, -0.1) is 0 Å². The fraction of sp³-hybridized carbons (Fsp3) is 1.00. The van der Waals surface area contributed by atoms with Crippen LogP contribution in [0, 0.1) is 0 Å². The van der Waals surface area contributed by atoms with Gasteiger partial charge in [-0.25, -0.2) is 4.57 Å². The third-order valence-electron chi connectivity index (χ3n) is 1.14. The monoisotopic (exact) mass is 172 g/mol. The van der Waals surface area contributed by atoms with Crippen molar-refractivity contribution in [1.29, 1.82) is 0 Å². The molecular formula is C6H14NaO2P. The van der Waals surface area contributed by atoms with Gasteiger partial charge < -0.3 is 0 Å². The summed E-state index contributed by atoms with van der Waals surface area (Å²) in [5.74, 6) is 0. The van der Waals surface area contributed by atoms with E-state index < -0.39 is 0 Å². The Balaban J connectivity index is 0. The summed E-state index contributed by atoms with van der Waals surface area (Å²) in [6, 6.07) is 0. The number of rotatable bonds is 6. The third kappa shape index (κ3) is 11.8. The molecule has 0 rings (SSSR count). The molecule has 0 N–H and O–H groups in total. The van der Waals surface area contributed by atoms with Crippen molar-refractivity contribution in [3.63, 3.8) is 0 Å². The molecule has 0 heterocycles. The van der Waals surface area contributed by atoms with Gasteiger partial charge >= 0.3 is 38.2 Å². The molecule has 0 amide bonds. The van der Waals surface area contributed by atoms with E-state index in [1.807, 2.05) is 0 Å². The predicted octanol–water partition coefficient (Wildman–Crippen LogP) is 2.14. The number of hydrogen-bond donors (Lipinski definition) is 0. The van der Waals surface area contributed by atoms with Crippen molar-refractivity contribution in [1.82, 2.24) is 0 Å². The van der Waals surface area contributed by atoms with Crippen molar-refractivity contribution >= 4 is 38.2 Å². The van der Waals surface area contributed by atoms with Crippen LogP contribution in [-0.4, -0.2) is 36.2 Å². The van der Waals surface area contributed by atoms with Gasteiger partial charge in [0.1, 0.15) is 0 Å². The Hall–Kier alpha value is 1.06. The molecule has 0 aliphatic heterocycles. The second-order valence-electron chi connectivity index (χ2n) is 1.97. The van der Waals surface area contributed by atoms with Crippen molar-refractivity contribution in [2.45, 2.75) is 32.6 Å². The molecule has 0 aromatic heterocycles. The van der Waals surface area contributed by atoms with E-state index in [-0.39, 0.29) is 38.2 Å². The van der Waals surface area contributed by atoms with Crippen LogP contribution in [0.3, 0.4) is 0 Å². The summed E-state index contributed by atoms with van der Waals surface area (Å²) < 4.78 is 14.3. The summed E-state index contributed by atoms with van der Waals surface area (Å²) in [5, 5.41) is 0. The molecule has 0 saturated heterocycles. The zero-order valence-electron chi connectivity index (χ0n) is 5.80. The summed E-state index contributed by atoms with van der Waals surface area (Å²) in [6.45, 7) is 2.79. The maximum atomic E-state index is 9.71.